The van der Waals surface area contributed by atoms with Gasteiger partial charge in [0.15, 0.2) is 0 Å². The van der Waals surface area contributed by atoms with Crippen LogP contribution in [0.1, 0.15) is 25.0 Å². The predicted octanol–water partition coefficient (Wildman–Crippen LogP) is 3.26. The highest BCUT2D eigenvalue weighted by Crippen LogP contribution is 2.48. The third-order valence-corrected chi connectivity index (χ3v) is 4.27. The maximum absolute atomic E-state index is 6.14. The minimum atomic E-state index is -0.392. The van der Waals surface area contributed by atoms with E-state index in [9.17, 15) is 0 Å². The van der Waals surface area contributed by atoms with E-state index in [4.69, 9.17) is 4.84 Å². The minimum Gasteiger partial charge on any atom is -0.298 e. The Bertz CT molecular complexity index is 516. The van der Waals surface area contributed by atoms with Crippen LogP contribution < -0.4 is 5.39 Å². The van der Waals surface area contributed by atoms with E-state index in [1.54, 1.807) is 0 Å². The summed E-state index contributed by atoms with van der Waals surface area (Å²) in [4.78, 5) is 6.14. The van der Waals surface area contributed by atoms with Crippen LogP contribution in [-0.2, 0) is 10.4 Å². The lowest BCUT2D eigenvalue weighted by Gasteiger charge is -2.36. The van der Waals surface area contributed by atoms with Crippen LogP contribution in [-0.4, -0.2) is 7.41 Å². The van der Waals surface area contributed by atoms with Gasteiger partial charge in [-0.1, -0.05) is 74.5 Å². The summed E-state index contributed by atoms with van der Waals surface area (Å²) in [7, 11) is 0.876. The Morgan fingerprint density at radius 1 is 0.950 bits per heavy atom. The summed E-state index contributed by atoms with van der Waals surface area (Å²) in [6, 6.07) is 21.1. The molecule has 1 fully saturated rings. The topological polar surface area (TPSA) is 21.3 Å². The van der Waals surface area contributed by atoms with E-state index in [0.717, 1.165) is 7.41 Å². The molecule has 0 radical (unpaired) electrons. The SMILES string of the molecule is CC(C)[C@@H]1BNOC1(c1ccccc1)c1ccccc1. The van der Waals surface area contributed by atoms with Crippen molar-refractivity contribution in [2.45, 2.75) is 25.3 Å². The van der Waals surface area contributed by atoms with Crippen molar-refractivity contribution in [3.05, 3.63) is 71.8 Å². The molecule has 1 aliphatic heterocycles. The van der Waals surface area contributed by atoms with Crippen LogP contribution >= 0.6 is 0 Å². The minimum absolute atomic E-state index is 0.392. The molecule has 0 spiro atoms. The maximum atomic E-state index is 6.14. The molecule has 3 rings (SSSR count). The van der Waals surface area contributed by atoms with Gasteiger partial charge in [0.05, 0.1) is 0 Å². The maximum Gasteiger partial charge on any atom is 0.241 e. The van der Waals surface area contributed by atoms with Gasteiger partial charge < -0.3 is 0 Å². The van der Waals surface area contributed by atoms with Gasteiger partial charge in [-0.15, -0.1) is 0 Å². The average Bonchev–Trinajstić information content (AvgIpc) is 2.95. The summed E-state index contributed by atoms with van der Waals surface area (Å²) >= 11 is 0. The first-order valence-electron chi connectivity index (χ1n) is 7.27. The van der Waals surface area contributed by atoms with E-state index in [2.05, 4.69) is 79.9 Å². The summed E-state index contributed by atoms with van der Waals surface area (Å²) < 4.78 is 0. The van der Waals surface area contributed by atoms with Gasteiger partial charge >= 0.3 is 0 Å². The zero-order valence-electron chi connectivity index (χ0n) is 12.0. The van der Waals surface area contributed by atoms with Gasteiger partial charge in [0.2, 0.25) is 7.41 Å². The Hall–Kier alpha value is -1.58. The molecule has 3 heteroatoms. The highest BCUT2D eigenvalue weighted by atomic mass is 16.7. The van der Waals surface area contributed by atoms with Gasteiger partial charge in [-0.3, -0.25) is 4.84 Å². The molecule has 1 saturated heterocycles. The van der Waals surface area contributed by atoms with Crippen LogP contribution in [0.25, 0.3) is 0 Å². The highest BCUT2D eigenvalue weighted by molar-refractivity contribution is 6.35. The first-order valence-corrected chi connectivity index (χ1v) is 7.27. The molecule has 2 aromatic carbocycles. The fourth-order valence-corrected chi connectivity index (χ4v) is 3.25. The Kier molecular flexibility index (Phi) is 3.64. The molecule has 0 unspecified atom stereocenters. The number of hydrogen-bond donors (Lipinski definition) is 1. The van der Waals surface area contributed by atoms with Crippen LogP contribution in [0.2, 0.25) is 5.82 Å². The molecule has 102 valence electrons. The second-order valence-electron chi connectivity index (χ2n) is 5.77. The molecular formula is C17H20BNO. The van der Waals surface area contributed by atoms with Crippen molar-refractivity contribution in [3.8, 4) is 0 Å². The molecule has 1 aliphatic rings. The zero-order valence-corrected chi connectivity index (χ0v) is 12.0. The summed E-state index contributed by atoms with van der Waals surface area (Å²) in [6.07, 6.45) is 0. The first kappa shape index (κ1) is 13.4. The lowest BCUT2D eigenvalue weighted by atomic mass is 9.58. The Morgan fingerprint density at radius 3 is 1.90 bits per heavy atom. The van der Waals surface area contributed by atoms with Gasteiger partial charge in [0.1, 0.15) is 5.60 Å². The van der Waals surface area contributed by atoms with Gasteiger partial charge in [0, 0.05) is 0 Å². The van der Waals surface area contributed by atoms with Crippen molar-refractivity contribution in [1.82, 2.24) is 5.39 Å². The standard InChI is InChI=1S/C17H20BNO/c1-13(2)16-17(20-19-18-16,14-9-5-3-6-10-14)15-11-7-4-8-12-15/h3-13,16,18-19H,1-2H3/t16-/m0/s1. The van der Waals surface area contributed by atoms with Gasteiger partial charge in [-0.2, -0.15) is 0 Å². The van der Waals surface area contributed by atoms with Crippen molar-refractivity contribution in [2.24, 2.45) is 5.92 Å². The monoisotopic (exact) mass is 265 g/mol. The Labute approximate surface area is 121 Å². The van der Waals surface area contributed by atoms with Gasteiger partial charge in [0.25, 0.3) is 0 Å². The molecule has 2 aromatic rings. The molecule has 1 atom stereocenters. The number of benzene rings is 2. The fourth-order valence-electron chi connectivity index (χ4n) is 3.25. The second kappa shape index (κ2) is 5.43. The first-order chi connectivity index (χ1) is 9.75. The summed E-state index contributed by atoms with van der Waals surface area (Å²) in [6.45, 7) is 4.53. The molecule has 2 nitrogen and oxygen atoms in total. The van der Waals surface area contributed by atoms with E-state index in [0.29, 0.717) is 11.7 Å². The van der Waals surface area contributed by atoms with Crippen LogP contribution in [0.5, 0.6) is 0 Å². The van der Waals surface area contributed by atoms with Crippen molar-refractivity contribution in [2.75, 3.05) is 0 Å². The van der Waals surface area contributed by atoms with Crippen LogP contribution in [0.15, 0.2) is 60.7 Å². The normalized spacial score (nSPS) is 20.9. The summed E-state index contributed by atoms with van der Waals surface area (Å²) in [5.74, 6) is 0.942. The summed E-state index contributed by atoms with van der Waals surface area (Å²) in [5, 5.41) is 3.14. The van der Waals surface area contributed by atoms with Crippen molar-refractivity contribution in [3.63, 3.8) is 0 Å². The van der Waals surface area contributed by atoms with E-state index in [-0.39, 0.29) is 0 Å². The third kappa shape index (κ3) is 2.07. The fraction of sp³-hybridized carbons (Fsp3) is 0.294. The van der Waals surface area contributed by atoms with E-state index >= 15 is 0 Å². The summed E-state index contributed by atoms with van der Waals surface area (Å²) in [5.41, 5.74) is 2.04. The van der Waals surface area contributed by atoms with Crippen LogP contribution in [0, 0.1) is 5.92 Å². The Morgan fingerprint density at radius 2 is 1.45 bits per heavy atom. The molecular weight excluding hydrogens is 245 g/mol. The molecule has 1 N–H and O–H groups in total. The van der Waals surface area contributed by atoms with Crippen LogP contribution in [0.4, 0.5) is 0 Å². The molecule has 1 heterocycles. The largest absolute Gasteiger partial charge is 0.298 e. The molecule has 0 amide bonds. The third-order valence-electron chi connectivity index (χ3n) is 4.27. The lowest BCUT2D eigenvalue weighted by Crippen LogP contribution is -2.34. The molecule has 0 bridgehead atoms. The van der Waals surface area contributed by atoms with E-state index < -0.39 is 5.60 Å². The number of nitrogens with one attached hydrogen (secondary N) is 1. The molecule has 0 saturated carbocycles. The van der Waals surface area contributed by atoms with Crippen molar-refractivity contribution >= 4 is 7.41 Å². The number of rotatable bonds is 3. The highest BCUT2D eigenvalue weighted by Gasteiger charge is 2.49. The average molecular weight is 265 g/mol. The zero-order chi connectivity index (χ0) is 14.0. The Balaban J connectivity index is 2.18. The second-order valence-corrected chi connectivity index (χ2v) is 5.77. The molecule has 20 heavy (non-hydrogen) atoms. The van der Waals surface area contributed by atoms with Gasteiger partial charge in [-0.05, 0) is 22.9 Å². The molecule has 0 aliphatic carbocycles. The smallest absolute Gasteiger partial charge is 0.241 e. The van der Waals surface area contributed by atoms with Crippen molar-refractivity contribution in [1.29, 1.82) is 0 Å². The van der Waals surface area contributed by atoms with E-state index in [1.165, 1.54) is 11.1 Å². The predicted molar refractivity (Wildman–Crippen MR) is 83.6 cm³/mol. The quantitative estimate of drug-likeness (QED) is 0.860. The van der Waals surface area contributed by atoms with Crippen molar-refractivity contribution < 1.29 is 4.84 Å². The van der Waals surface area contributed by atoms with E-state index in [1.807, 2.05) is 0 Å². The van der Waals surface area contributed by atoms with Crippen LogP contribution in [0.3, 0.4) is 0 Å². The lowest BCUT2D eigenvalue weighted by molar-refractivity contribution is -0.0357. The van der Waals surface area contributed by atoms with Gasteiger partial charge in [-0.25, -0.2) is 5.39 Å². The molecule has 0 aromatic heterocycles. The number of hydrogen-bond acceptors (Lipinski definition) is 2.